The number of aryl methyl sites for hydroxylation is 2. The van der Waals surface area contributed by atoms with Gasteiger partial charge in [-0.2, -0.15) is 0 Å². The van der Waals surface area contributed by atoms with Gasteiger partial charge in [-0.3, -0.25) is 14.8 Å². The Morgan fingerprint density at radius 3 is 2.56 bits per heavy atom. The van der Waals surface area contributed by atoms with Gasteiger partial charge in [0.1, 0.15) is 5.75 Å². The van der Waals surface area contributed by atoms with Crippen LogP contribution in [0.25, 0.3) is 22.0 Å². The monoisotopic (exact) mass is 636 g/mol. The van der Waals surface area contributed by atoms with Gasteiger partial charge in [0.25, 0.3) is 5.91 Å². The molecule has 9 nitrogen and oxygen atoms in total. The van der Waals surface area contributed by atoms with E-state index in [1.54, 1.807) is 0 Å². The van der Waals surface area contributed by atoms with Gasteiger partial charge in [0, 0.05) is 73.4 Å². The summed E-state index contributed by atoms with van der Waals surface area (Å²) in [6.07, 6.45) is 9.27. The van der Waals surface area contributed by atoms with E-state index < -0.39 is 0 Å². The molecule has 3 aromatic heterocycles. The molecule has 1 fully saturated rings. The van der Waals surface area contributed by atoms with E-state index in [1.807, 2.05) is 67.1 Å². The number of amides is 1. The van der Waals surface area contributed by atoms with Gasteiger partial charge in [0.15, 0.2) is 0 Å². The summed E-state index contributed by atoms with van der Waals surface area (Å²) in [7, 11) is 0. The second-order valence-corrected chi connectivity index (χ2v) is 12.1. The van der Waals surface area contributed by atoms with Crippen LogP contribution < -0.4 is 20.3 Å². The Hall–Kier alpha value is -5.67. The lowest BCUT2D eigenvalue weighted by atomic mass is 10.0. The molecule has 0 saturated carbocycles. The predicted molar refractivity (Wildman–Crippen MR) is 189 cm³/mol. The van der Waals surface area contributed by atoms with Crippen LogP contribution in [-0.2, 0) is 24.1 Å². The third kappa shape index (κ3) is 6.20. The molecule has 9 heteroatoms. The molecule has 0 radical (unpaired) electrons. The van der Waals surface area contributed by atoms with E-state index in [-0.39, 0.29) is 5.91 Å². The highest BCUT2D eigenvalue weighted by Gasteiger charge is 2.21. The second kappa shape index (κ2) is 13.2. The average molecular weight is 637 g/mol. The summed E-state index contributed by atoms with van der Waals surface area (Å²) >= 11 is 0. The summed E-state index contributed by atoms with van der Waals surface area (Å²) < 4.78 is 13.8. The fourth-order valence-electron chi connectivity index (χ4n) is 6.50. The van der Waals surface area contributed by atoms with Crippen LogP contribution in [0.15, 0.2) is 110 Å². The number of ether oxygens (including phenoxy) is 2. The van der Waals surface area contributed by atoms with Crippen LogP contribution in [0.2, 0.25) is 0 Å². The van der Waals surface area contributed by atoms with Gasteiger partial charge in [-0.1, -0.05) is 18.2 Å². The quantitative estimate of drug-likeness (QED) is 0.175. The number of carbonyl (C=O) groups excluding carboxylic acids is 1. The van der Waals surface area contributed by atoms with E-state index in [0.717, 1.165) is 95.4 Å². The smallest absolute Gasteiger partial charge is 0.257 e. The minimum atomic E-state index is -0.140. The zero-order valence-corrected chi connectivity index (χ0v) is 26.6. The van der Waals surface area contributed by atoms with Gasteiger partial charge < -0.3 is 29.6 Å². The Balaban J connectivity index is 0.971. The van der Waals surface area contributed by atoms with Crippen molar-refractivity contribution in [2.24, 2.45) is 0 Å². The Morgan fingerprint density at radius 2 is 1.71 bits per heavy atom. The van der Waals surface area contributed by atoms with Crippen LogP contribution in [0.5, 0.6) is 5.75 Å². The fraction of sp³-hybridized carbons (Fsp3) is 0.205. The summed E-state index contributed by atoms with van der Waals surface area (Å²) in [6.45, 7) is 4.67. The predicted octanol–water partition coefficient (Wildman–Crippen LogP) is 7.11. The van der Waals surface area contributed by atoms with Gasteiger partial charge in [-0.25, -0.2) is 0 Å². The van der Waals surface area contributed by atoms with Crippen molar-refractivity contribution < 1.29 is 14.3 Å². The fourth-order valence-corrected chi connectivity index (χ4v) is 6.50. The standard InChI is InChI=1S/C39H36N6O3/c46-39-33-10-5-28(34-26-45(38-25-40-16-12-32(34)38)17-13-29-3-1-2-15-41-29)24-36(33)42-35-11-4-27(23-37(35)43-39)14-20-48-31-8-6-30(7-9-31)44-18-21-47-22-19-44/h1-12,15-16,23-26,42H,13-14,17-22H2,(H,43,46). The highest BCUT2D eigenvalue weighted by molar-refractivity contribution is 6.13. The molecule has 0 spiro atoms. The lowest BCUT2D eigenvalue weighted by Crippen LogP contribution is -2.36. The number of pyridine rings is 2. The van der Waals surface area contributed by atoms with E-state index in [1.165, 1.54) is 5.69 Å². The Kier molecular flexibility index (Phi) is 8.18. The van der Waals surface area contributed by atoms with Crippen molar-refractivity contribution in [3.05, 3.63) is 127 Å². The molecule has 6 aromatic rings. The molecule has 2 aliphatic heterocycles. The molecule has 5 heterocycles. The summed E-state index contributed by atoms with van der Waals surface area (Å²) in [5.41, 5.74) is 9.47. The van der Waals surface area contributed by atoms with Gasteiger partial charge >= 0.3 is 0 Å². The number of aromatic nitrogens is 3. The van der Waals surface area contributed by atoms with Crippen molar-refractivity contribution in [2.75, 3.05) is 48.4 Å². The SMILES string of the molecule is O=C1Nc2cc(CCOc3ccc(N4CCOCC4)cc3)ccc2Nc2cc(-c3cn(CCc4ccccn4)c4cnccc34)ccc21. The second-order valence-electron chi connectivity index (χ2n) is 12.1. The summed E-state index contributed by atoms with van der Waals surface area (Å²) in [4.78, 5) is 24.6. The van der Waals surface area contributed by atoms with Crippen LogP contribution in [0.4, 0.5) is 22.7 Å². The van der Waals surface area contributed by atoms with Crippen molar-refractivity contribution in [2.45, 2.75) is 19.4 Å². The molecule has 2 aliphatic rings. The van der Waals surface area contributed by atoms with Crippen molar-refractivity contribution in [3.8, 4) is 16.9 Å². The summed E-state index contributed by atoms with van der Waals surface area (Å²) in [5.74, 6) is 0.703. The van der Waals surface area contributed by atoms with Crippen LogP contribution >= 0.6 is 0 Å². The Bertz CT molecular complexity index is 2070. The highest BCUT2D eigenvalue weighted by Crippen LogP contribution is 2.37. The first-order valence-electron chi connectivity index (χ1n) is 16.4. The zero-order chi connectivity index (χ0) is 32.3. The Morgan fingerprint density at radius 1 is 0.812 bits per heavy atom. The average Bonchev–Trinajstić information content (AvgIpc) is 3.44. The van der Waals surface area contributed by atoms with Crippen molar-refractivity contribution in [3.63, 3.8) is 0 Å². The van der Waals surface area contributed by atoms with Gasteiger partial charge in [0.05, 0.1) is 54.2 Å². The molecule has 0 unspecified atom stereocenters. The van der Waals surface area contributed by atoms with Gasteiger partial charge in [-0.15, -0.1) is 0 Å². The van der Waals surface area contributed by atoms with Crippen LogP contribution in [0, 0.1) is 0 Å². The third-order valence-electron chi connectivity index (χ3n) is 9.07. The molecule has 48 heavy (non-hydrogen) atoms. The van der Waals surface area contributed by atoms with E-state index in [9.17, 15) is 4.79 Å². The molecule has 240 valence electrons. The summed E-state index contributed by atoms with van der Waals surface area (Å²) in [5, 5.41) is 7.76. The Labute approximate surface area is 279 Å². The molecule has 0 aliphatic carbocycles. The zero-order valence-electron chi connectivity index (χ0n) is 26.6. The lowest BCUT2D eigenvalue weighted by Gasteiger charge is -2.28. The normalized spacial score (nSPS) is 14.1. The van der Waals surface area contributed by atoms with Crippen molar-refractivity contribution in [1.29, 1.82) is 0 Å². The molecular formula is C39H36N6O3. The number of nitrogens with one attached hydrogen (secondary N) is 2. The van der Waals surface area contributed by atoms with Crippen LogP contribution in [-0.4, -0.2) is 53.4 Å². The molecule has 1 amide bonds. The van der Waals surface area contributed by atoms with Crippen LogP contribution in [0.1, 0.15) is 21.6 Å². The van der Waals surface area contributed by atoms with E-state index >= 15 is 0 Å². The molecule has 8 rings (SSSR count). The van der Waals surface area contributed by atoms with E-state index in [0.29, 0.717) is 18.6 Å². The molecule has 0 atom stereocenters. The number of fused-ring (bicyclic) bond motifs is 3. The minimum Gasteiger partial charge on any atom is -0.493 e. The van der Waals surface area contributed by atoms with Gasteiger partial charge in [0.2, 0.25) is 0 Å². The maximum atomic E-state index is 13.4. The summed E-state index contributed by atoms with van der Waals surface area (Å²) in [6, 6.07) is 28.4. The number of carbonyl (C=O) groups is 1. The molecule has 3 aromatic carbocycles. The number of hydrogen-bond acceptors (Lipinski definition) is 7. The number of morpholine rings is 1. The van der Waals surface area contributed by atoms with E-state index in [2.05, 4.69) is 72.7 Å². The third-order valence-corrected chi connectivity index (χ3v) is 9.07. The maximum absolute atomic E-state index is 13.4. The maximum Gasteiger partial charge on any atom is 0.257 e. The van der Waals surface area contributed by atoms with Crippen molar-refractivity contribution >= 4 is 39.6 Å². The molecule has 2 N–H and O–H groups in total. The number of nitrogens with zero attached hydrogens (tertiary/aromatic N) is 4. The van der Waals surface area contributed by atoms with Gasteiger partial charge in [-0.05, 0) is 77.9 Å². The minimum absolute atomic E-state index is 0.140. The topological polar surface area (TPSA) is 93.5 Å². The largest absolute Gasteiger partial charge is 0.493 e. The van der Waals surface area contributed by atoms with Crippen molar-refractivity contribution in [1.82, 2.24) is 14.5 Å². The first-order chi connectivity index (χ1) is 23.7. The number of hydrogen-bond donors (Lipinski definition) is 2. The highest BCUT2D eigenvalue weighted by atomic mass is 16.5. The molecule has 1 saturated heterocycles. The number of benzene rings is 3. The number of anilines is 4. The molecule has 0 bridgehead atoms. The lowest BCUT2D eigenvalue weighted by molar-refractivity contribution is 0.102. The van der Waals surface area contributed by atoms with E-state index in [4.69, 9.17) is 9.47 Å². The molecular weight excluding hydrogens is 600 g/mol. The first-order valence-corrected chi connectivity index (χ1v) is 16.4. The first kappa shape index (κ1) is 29.7. The van der Waals surface area contributed by atoms with Crippen LogP contribution in [0.3, 0.4) is 0 Å². The number of rotatable bonds is 9.